The zero-order valence-electron chi connectivity index (χ0n) is 14.7. The van der Waals surface area contributed by atoms with E-state index in [1.807, 2.05) is 13.1 Å². The molecule has 27 heavy (non-hydrogen) atoms. The van der Waals surface area contributed by atoms with Gasteiger partial charge in [-0.25, -0.2) is 9.37 Å². The highest BCUT2D eigenvalue weighted by molar-refractivity contribution is 5.93. The first kappa shape index (κ1) is 16.8. The highest BCUT2D eigenvalue weighted by atomic mass is 19.1. The van der Waals surface area contributed by atoms with Gasteiger partial charge in [-0.1, -0.05) is 0 Å². The number of carbonyl (C=O) groups excluding carboxylic acids is 1. The quantitative estimate of drug-likeness (QED) is 0.552. The summed E-state index contributed by atoms with van der Waals surface area (Å²) in [6.07, 6.45) is 3.02. The maximum absolute atomic E-state index is 13.2. The summed E-state index contributed by atoms with van der Waals surface area (Å²) in [7, 11) is 3.53. The first-order chi connectivity index (χ1) is 13.0. The van der Waals surface area contributed by atoms with Crippen molar-refractivity contribution >= 4 is 11.7 Å². The second kappa shape index (κ2) is 6.60. The van der Waals surface area contributed by atoms with Crippen molar-refractivity contribution in [3.63, 3.8) is 0 Å². The number of rotatable bonds is 4. The van der Waals surface area contributed by atoms with Gasteiger partial charge in [-0.15, -0.1) is 0 Å². The minimum absolute atomic E-state index is 0.238. The number of benzene rings is 1. The summed E-state index contributed by atoms with van der Waals surface area (Å²) >= 11 is 0. The second-order valence-electron chi connectivity index (χ2n) is 6.11. The first-order valence-electron chi connectivity index (χ1n) is 8.22. The molecule has 0 aliphatic heterocycles. The van der Waals surface area contributed by atoms with Crippen LogP contribution in [-0.4, -0.2) is 47.2 Å². The molecule has 0 bridgehead atoms. The van der Waals surface area contributed by atoms with Crippen LogP contribution in [0.5, 0.6) is 0 Å². The molecule has 9 heteroatoms. The molecule has 0 spiro atoms. The van der Waals surface area contributed by atoms with E-state index in [1.54, 1.807) is 41.0 Å². The van der Waals surface area contributed by atoms with Crippen molar-refractivity contribution in [3.05, 3.63) is 66.1 Å². The molecule has 3 heterocycles. The molecule has 0 N–H and O–H groups in total. The smallest absolute Gasteiger partial charge is 0.272 e. The van der Waals surface area contributed by atoms with Crippen LogP contribution in [0.4, 0.5) is 4.39 Å². The predicted octanol–water partition coefficient (Wildman–Crippen LogP) is 1.94. The summed E-state index contributed by atoms with van der Waals surface area (Å²) in [5.74, 6) is -0.277. The van der Waals surface area contributed by atoms with Crippen LogP contribution >= 0.6 is 0 Å². The molecule has 3 aromatic heterocycles. The van der Waals surface area contributed by atoms with Gasteiger partial charge in [0.25, 0.3) is 11.7 Å². The largest absolute Gasteiger partial charge is 0.334 e. The van der Waals surface area contributed by atoms with Crippen molar-refractivity contribution < 1.29 is 9.18 Å². The van der Waals surface area contributed by atoms with Crippen molar-refractivity contribution in [1.82, 2.24) is 34.3 Å². The van der Waals surface area contributed by atoms with Crippen LogP contribution in [0.15, 0.2) is 48.9 Å². The minimum Gasteiger partial charge on any atom is -0.334 e. The van der Waals surface area contributed by atoms with E-state index in [9.17, 15) is 9.18 Å². The number of aromatic nitrogens is 6. The van der Waals surface area contributed by atoms with Crippen molar-refractivity contribution in [2.75, 3.05) is 7.05 Å². The average molecular weight is 365 g/mol. The Morgan fingerprint density at radius 1 is 1.19 bits per heavy atom. The molecular weight excluding hydrogens is 349 g/mol. The lowest BCUT2D eigenvalue weighted by Gasteiger charge is -2.18. The molecule has 4 rings (SSSR count). The summed E-state index contributed by atoms with van der Waals surface area (Å²) in [6, 6.07) is 9.40. The van der Waals surface area contributed by atoms with Crippen molar-refractivity contribution in [2.24, 2.45) is 7.05 Å². The van der Waals surface area contributed by atoms with E-state index in [0.717, 1.165) is 5.69 Å². The fourth-order valence-electron chi connectivity index (χ4n) is 2.80. The molecule has 0 saturated heterocycles. The third-order valence-electron chi connectivity index (χ3n) is 4.28. The van der Waals surface area contributed by atoms with Gasteiger partial charge < -0.3 is 4.90 Å². The Balaban J connectivity index is 1.73. The molecule has 8 nitrogen and oxygen atoms in total. The van der Waals surface area contributed by atoms with E-state index in [-0.39, 0.29) is 11.7 Å². The third-order valence-corrected chi connectivity index (χ3v) is 4.28. The van der Waals surface area contributed by atoms with Gasteiger partial charge in [0, 0.05) is 25.9 Å². The monoisotopic (exact) mass is 365 g/mol. The maximum atomic E-state index is 13.2. The standard InChI is InChI=1S/C18H16FN7O/c1-24(10-14-7-8-21-25(14)2)17(27)16-9-15(12-3-5-13(19)6-4-12)23-18-20-11-22-26(16)18/h3-9,11H,10H2,1-2H3. The Labute approximate surface area is 153 Å². The maximum Gasteiger partial charge on any atom is 0.272 e. The van der Waals surface area contributed by atoms with Gasteiger partial charge in [-0.3, -0.25) is 9.48 Å². The van der Waals surface area contributed by atoms with E-state index < -0.39 is 0 Å². The molecule has 136 valence electrons. The number of nitrogens with zero attached hydrogens (tertiary/aromatic N) is 7. The molecule has 1 aromatic carbocycles. The van der Waals surface area contributed by atoms with Gasteiger partial charge >= 0.3 is 0 Å². The van der Waals surface area contributed by atoms with Crippen LogP contribution in [0.25, 0.3) is 17.0 Å². The first-order valence-corrected chi connectivity index (χ1v) is 8.22. The van der Waals surface area contributed by atoms with Crippen LogP contribution < -0.4 is 0 Å². The number of halogens is 1. The number of aryl methyl sites for hydroxylation is 1. The zero-order valence-corrected chi connectivity index (χ0v) is 14.7. The third kappa shape index (κ3) is 3.14. The second-order valence-corrected chi connectivity index (χ2v) is 6.11. The molecule has 0 aliphatic rings. The zero-order chi connectivity index (χ0) is 19.0. The Hall–Kier alpha value is -3.62. The molecular formula is C18H16FN7O. The summed E-state index contributed by atoms with van der Waals surface area (Å²) < 4.78 is 16.3. The lowest BCUT2D eigenvalue weighted by molar-refractivity contribution is 0.0773. The summed E-state index contributed by atoms with van der Waals surface area (Å²) in [6.45, 7) is 0.389. The molecule has 0 aliphatic carbocycles. The summed E-state index contributed by atoms with van der Waals surface area (Å²) in [5, 5.41) is 8.22. The molecule has 0 radical (unpaired) electrons. The topological polar surface area (TPSA) is 81.2 Å². The van der Waals surface area contributed by atoms with E-state index in [4.69, 9.17) is 0 Å². The van der Waals surface area contributed by atoms with Crippen LogP contribution in [0.3, 0.4) is 0 Å². The number of hydrogen-bond acceptors (Lipinski definition) is 5. The fourth-order valence-corrected chi connectivity index (χ4v) is 2.80. The van der Waals surface area contributed by atoms with Crippen molar-refractivity contribution in [3.8, 4) is 11.3 Å². The number of amides is 1. The fraction of sp³-hybridized carbons (Fsp3) is 0.167. The van der Waals surface area contributed by atoms with Gasteiger partial charge in [-0.2, -0.15) is 19.7 Å². The molecule has 1 amide bonds. The molecule has 0 saturated carbocycles. The Kier molecular flexibility index (Phi) is 4.11. The van der Waals surface area contributed by atoms with E-state index >= 15 is 0 Å². The van der Waals surface area contributed by atoms with Crippen LogP contribution in [0, 0.1) is 5.82 Å². The Morgan fingerprint density at radius 3 is 2.67 bits per heavy atom. The van der Waals surface area contributed by atoms with Crippen LogP contribution in [0.2, 0.25) is 0 Å². The number of carbonyl (C=O) groups is 1. The van der Waals surface area contributed by atoms with Crippen LogP contribution in [-0.2, 0) is 13.6 Å². The van der Waals surface area contributed by atoms with Crippen molar-refractivity contribution in [2.45, 2.75) is 6.54 Å². The van der Waals surface area contributed by atoms with Crippen LogP contribution in [0.1, 0.15) is 16.2 Å². The highest BCUT2D eigenvalue weighted by Crippen LogP contribution is 2.20. The number of hydrogen-bond donors (Lipinski definition) is 0. The summed E-state index contributed by atoms with van der Waals surface area (Å²) in [5.41, 5.74) is 2.42. The summed E-state index contributed by atoms with van der Waals surface area (Å²) in [4.78, 5) is 23.1. The van der Waals surface area contributed by atoms with Gasteiger partial charge in [-0.05, 0) is 36.4 Å². The van der Waals surface area contributed by atoms with Gasteiger partial charge in [0.15, 0.2) is 0 Å². The van der Waals surface area contributed by atoms with Gasteiger partial charge in [0.2, 0.25) is 0 Å². The molecule has 0 unspecified atom stereocenters. The van der Waals surface area contributed by atoms with E-state index in [2.05, 4.69) is 20.2 Å². The lowest BCUT2D eigenvalue weighted by Crippen LogP contribution is -2.29. The average Bonchev–Trinajstić information content (AvgIpc) is 3.30. The SMILES string of the molecule is CN(Cc1ccnn1C)C(=O)c1cc(-c2ccc(F)cc2)nc2ncnn12. The predicted molar refractivity (Wildman–Crippen MR) is 95.2 cm³/mol. The number of fused-ring (bicyclic) bond motifs is 1. The van der Waals surface area contributed by atoms with Crippen molar-refractivity contribution in [1.29, 1.82) is 0 Å². The highest BCUT2D eigenvalue weighted by Gasteiger charge is 2.20. The van der Waals surface area contributed by atoms with Gasteiger partial charge in [0.1, 0.15) is 17.8 Å². The molecule has 4 aromatic rings. The Morgan fingerprint density at radius 2 is 1.96 bits per heavy atom. The molecule has 0 atom stereocenters. The van der Waals surface area contributed by atoms with E-state index in [1.165, 1.54) is 23.0 Å². The van der Waals surface area contributed by atoms with E-state index in [0.29, 0.717) is 29.3 Å². The normalized spacial score (nSPS) is 11.1. The molecule has 0 fully saturated rings. The Bertz CT molecular complexity index is 1120. The van der Waals surface area contributed by atoms with Gasteiger partial charge in [0.05, 0.1) is 17.9 Å². The lowest BCUT2D eigenvalue weighted by atomic mass is 10.1. The minimum atomic E-state index is -0.338.